The quantitative estimate of drug-likeness (QED) is 0.872. The number of nitrogens with two attached hydrogens (primary N) is 1. The Hall–Kier alpha value is -1.96. The lowest BCUT2D eigenvalue weighted by molar-refractivity contribution is 0.205. The standard InChI is InChI=1S/C19H23N3O3S/c20-26(23,24)22-11-9-19(10-12-22)13-16(19)14-25-18-8-4-7-17(21-18)15-5-2-1-3-6-15/h1-8,16H,9-14H2,(H2,20,23,24)/t16-/m0/s1. The van der Waals surface area contributed by atoms with Crippen LogP contribution in [0.15, 0.2) is 48.5 Å². The SMILES string of the molecule is NS(=O)(=O)N1CCC2(CC1)C[C@H]2COc1cccc(-c2ccccc2)n1. The second-order valence-corrected chi connectivity index (χ2v) is 8.79. The van der Waals surface area contributed by atoms with Gasteiger partial charge in [0.2, 0.25) is 5.88 Å². The predicted molar refractivity (Wildman–Crippen MR) is 99.6 cm³/mol. The Labute approximate surface area is 154 Å². The summed E-state index contributed by atoms with van der Waals surface area (Å²) in [4.78, 5) is 4.59. The van der Waals surface area contributed by atoms with Crippen LogP contribution in [-0.2, 0) is 10.2 Å². The predicted octanol–water partition coefficient (Wildman–Crippen LogP) is 2.43. The van der Waals surface area contributed by atoms with Crippen LogP contribution < -0.4 is 9.88 Å². The number of hydrogen-bond donors (Lipinski definition) is 1. The normalized spacial score (nSPS) is 22.3. The maximum Gasteiger partial charge on any atom is 0.276 e. The summed E-state index contributed by atoms with van der Waals surface area (Å²) in [6, 6.07) is 15.8. The minimum absolute atomic E-state index is 0.220. The molecule has 2 heterocycles. The van der Waals surface area contributed by atoms with Crippen LogP contribution in [0.2, 0.25) is 0 Å². The molecular weight excluding hydrogens is 350 g/mol. The van der Waals surface area contributed by atoms with Gasteiger partial charge in [-0.3, -0.25) is 0 Å². The zero-order valence-corrected chi connectivity index (χ0v) is 15.4. The van der Waals surface area contributed by atoms with Crippen LogP contribution in [-0.4, -0.2) is 37.4 Å². The molecule has 1 atom stereocenters. The molecule has 0 bridgehead atoms. The lowest BCUT2D eigenvalue weighted by Gasteiger charge is -2.30. The lowest BCUT2D eigenvalue weighted by atomic mass is 9.92. The van der Waals surface area contributed by atoms with Gasteiger partial charge in [0, 0.05) is 24.7 Å². The average Bonchev–Trinajstić information content (AvgIpc) is 3.32. The molecule has 6 nitrogen and oxygen atoms in total. The van der Waals surface area contributed by atoms with Crippen LogP contribution in [0.5, 0.6) is 5.88 Å². The highest BCUT2D eigenvalue weighted by Gasteiger charge is 2.55. The van der Waals surface area contributed by atoms with E-state index >= 15 is 0 Å². The summed E-state index contributed by atoms with van der Waals surface area (Å²) in [5.74, 6) is 1.10. The first kappa shape index (κ1) is 17.5. The summed E-state index contributed by atoms with van der Waals surface area (Å²) in [5, 5.41) is 5.22. The van der Waals surface area contributed by atoms with Gasteiger partial charge < -0.3 is 4.74 Å². The third kappa shape index (κ3) is 3.60. The van der Waals surface area contributed by atoms with Gasteiger partial charge in [-0.05, 0) is 36.7 Å². The molecule has 0 unspecified atom stereocenters. The maximum atomic E-state index is 11.4. The van der Waals surface area contributed by atoms with E-state index in [1.54, 1.807) is 0 Å². The molecule has 0 radical (unpaired) electrons. The molecule has 2 aliphatic rings. The molecule has 26 heavy (non-hydrogen) atoms. The fourth-order valence-corrected chi connectivity index (χ4v) is 4.61. The van der Waals surface area contributed by atoms with Crippen LogP contribution >= 0.6 is 0 Å². The van der Waals surface area contributed by atoms with Gasteiger partial charge in [0.1, 0.15) is 0 Å². The summed E-state index contributed by atoms with van der Waals surface area (Å²) < 4.78 is 30.2. The Morgan fingerprint density at radius 1 is 1.12 bits per heavy atom. The fourth-order valence-electron chi connectivity index (χ4n) is 3.92. The van der Waals surface area contributed by atoms with Gasteiger partial charge in [0.25, 0.3) is 10.2 Å². The average molecular weight is 373 g/mol. The molecule has 1 aliphatic heterocycles. The fraction of sp³-hybridized carbons (Fsp3) is 0.421. The first-order valence-corrected chi connectivity index (χ1v) is 10.4. The van der Waals surface area contributed by atoms with Gasteiger partial charge in [0.15, 0.2) is 0 Å². The summed E-state index contributed by atoms with van der Waals surface area (Å²) in [5.41, 5.74) is 2.18. The highest BCUT2D eigenvalue weighted by Crippen LogP contribution is 2.59. The largest absolute Gasteiger partial charge is 0.477 e. The van der Waals surface area contributed by atoms with E-state index in [0.717, 1.165) is 30.5 Å². The zero-order chi connectivity index (χ0) is 18.2. The molecule has 1 saturated heterocycles. The molecule has 138 valence electrons. The van der Waals surface area contributed by atoms with Gasteiger partial charge in [-0.2, -0.15) is 12.7 Å². The van der Waals surface area contributed by atoms with Gasteiger partial charge in [-0.15, -0.1) is 0 Å². The summed E-state index contributed by atoms with van der Waals surface area (Å²) in [6.45, 7) is 1.65. The third-order valence-corrected chi connectivity index (χ3v) is 6.75. The Morgan fingerprint density at radius 3 is 2.54 bits per heavy atom. The molecule has 1 saturated carbocycles. The highest BCUT2D eigenvalue weighted by atomic mass is 32.2. The van der Waals surface area contributed by atoms with Crippen LogP contribution in [0.3, 0.4) is 0 Å². The van der Waals surface area contributed by atoms with Crippen molar-refractivity contribution in [2.45, 2.75) is 19.3 Å². The van der Waals surface area contributed by atoms with Crippen molar-refractivity contribution in [2.75, 3.05) is 19.7 Å². The summed E-state index contributed by atoms with van der Waals surface area (Å²) in [6.07, 6.45) is 2.80. The van der Waals surface area contributed by atoms with Crippen LogP contribution in [0.25, 0.3) is 11.3 Å². The highest BCUT2D eigenvalue weighted by molar-refractivity contribution is 7.86. The van der Waals surface area contributed by atoms with E-state index in [0.29, 0.717) is 31.5 Å². The second-order valence-electron chi connectivity index (χ2n) is 7.25. The maximum absolute atomic E-state index is 11.4. The second kappa shape index (κ2) is 6.64. The Bertz CT molecular complexity index is 878. The van der Waals surface area contributed by atoms with Gasteiger partial charge in [-0.1, -0.05) is 36.4 Å². The molecule has 7 heteroatoms. The molecule has 2 N–H and O–H groups in total. The molecule has 4 rings (SSSR count). The van der Waals surface area contributed by atoms with Crippen molar-refractivity contribution in [1.29, 1.82) is 0 Å². The lowest BCUT2D eigenvalue weighted by Crippen LogP contribution is -2.43. The first-order chi connectivity index (χ1) is 12.5. The molecule has 1 aromatic carbocycles. The van der Waals surface area contributed by atoms with Crippen LogP contribution in [0.1, 0.15) is 19.3 Å². The van der Waals surface area contributed by atoms with Crippen molar-refractivity contribution in [3.63, 3.8) is 0 Å². The van der Waals surface area contributed by atoms with Crippen LogP contribution in [0.4, 0.5) is 0 Å². The number of ether oxygens (including phenoxy) is 1. The van der Waals surface area contributed by atoms with Gasteiger partial charge in [0.05, 0.1) is 12.3 Å². The molecule has 0 amide bonds. The minimum Gasteiger partial charge on any atom is -0.477 e. The van der Waals surface area contributed by atoms with E-state index in [1.807, 2.05) is 48.5 Å². The van der Waals surface area contributed by atoms with Crippen molar-refractivity contribution in [2.24, 2.45) is 16.5 Å². The molecular formula is C19H23N3O3S. The van der Waals surface area contributed by atoms with Gasteiger partial charge in [-0.25, -0.2) is 10.1 Å². The first-order valence-electron chi connectivity index (χ1n) is 8.89. The summed E-state index contributed by atoms with van der Waals surface area (Å²) in [7, 11) is -3.56. The number of nitrogens with zero attached hydrogens (tertiary/aromatic N) is 2. The number of benzene rings is 1. The molecule has 1 spiro atoms. The number of piperidine rings is 1. The summed E-state index contributed by atoms with van der Waals surface area (Å²) >= 11 is 0. The van der Waals surface area contributed by atoms with E-state index in [9.17, 15) is 8.42 Å². The van der Waals surface area contributed by atoms with E-state index in [1.165, 1.54) is 4.31 Å². The minimum atomic E-state index is -3.56. The third-order valence-electron chi connectivity index (χ3n) is 5.66. The van der Waals surface area contributed by atoms with E-state index in [4.69, 9.17) is 9.88 Å². The van der Waals surface area contributed by atoms with Crippen molar-refractivity contribution in [3.05, 3.63) is 48.5 Å². The molecule has 1 aliphatic carbocycles. The molecule has 2 fully saturated rings. The topological polar surface area (TPSA) is 85.5 Å². The van der Waals surface area contributed by atoms with Crippen LogP contribution in [0, 0.1) is 11.3 Å². The number of pyridine rings is 1. The smallest absolute Gasteiger partial charge is 0.276 e. The molecule has 2 aromatic rings. The Morgan fingerprint density at radius 2 is 1.85 bits per heavy atom. The zero-order valence-electron chi connectivity index (χ0n) is 14.5. The monoisotopic (exact) mass is 373 g/mol. The Balaban J connectivity index is 1.34. The van der Waals surface area contributed by atoms with E-state index in [2.05, 4.69) is 4.98 Å². The van der Waals surface area contributed by atoms with E-state index < -0.39 is 10.2 Å². The van der Waals surface area contributed by atoms with Crippen molar-refractivity contribution < 1.29 is 13.2 Å². The van der Waals surface area contributed by atoms with E-state index in [-0.39, 0.29) is 5.41 Å². The number of aromatic nitrogens is 1. The number of rotatable bonds is 5. The van der Waals surface area contributed by atoms with Gasteiger partial charge >= 0.3 is 0 Å². The number of hydrogen-bond acceptors (Lipinski definition) is 4. The molecule has 1 aromatic heterocycles. The van der Waals surface area contributed by atoms with Crippen molar-refractivity contribution in [3.8, 4) is 17.1 Å². The van der Waals surface area contributed by atoms with Crippen molar-refractivity contribution in [1.82, 2.24) is 9.29 Å². The Kier molecular flexibility index (Phi) is 4.46. The van der Waals surface area contributed by atoms with Crippen molar-refractivity contribution >= 4 is 10.2 Å².